The van der Waals surface area contributed by atoms with Crippen LogP contribution in [0.15, 0.2) is 53.0 Å². The molecule has 2 aromatic carbocycles. The van der Waals surface area contributed by atoms with Crippen LogP contribution in [0, 0.1) is 0 Å². The Morgan fingerprint density at radius 3 is 2.09 bits per heavy atom. The molecule has 0 radical (unpaired) electrons. The molecule has 22 heavy (non-hydrogen) atoms. The molecule has 2 aromatic rings. The molecular formula is C15H12BrN3O3. The maximum Gasteiger partial charge on any atom is 0.314 e. The van der Waals surface area contributed by atoms with Crippen molar-refractivity contribution in [1.29, 1.82) is 0 Å². The highest BCUT2D eigenvalue weighted by molar-refractivity contribution is 9.10. The number of carbonyl (C=O) groups excluding carboxylic acids is 3. The Labute approximate surface area is 134 Å². The molecule has 0 aliphatic heterocycles. The molecular weight excluding hydrogens is 350 g/mol. The summed E-state index contributed by atoms with van der Waals surface area (Å²) in [5.41, 5.74) is 6.00. The quantitative estimate of drug-likeness (QED) is 0.729. The molecule has 0 saturated carbocycles. The van der Waals surface area contributed by atoms with Gasteiger partial charge in [-0.3, -0.25) is 14.4 Å². The topological polar surface area (TPSA) is 101 Å². The number of primary amides is 1. The van der Waals surface area contributed by atoms with Gasteiger partial charge in [0.15, 0.2) is 0 Å². The number of amides is 3. The Kier molecular flexibility index (Phi) is 4.90. The molecule has 0 fully saturated rings. The number of nitrogens with one attached hydrogen (secondary N) is 2. The molecule has 0 aliphatic carbocycles. The van der Waals surface area contributed by atoms with Crippen molar-refractivity contribution in [2.24, 2.45) is 5.73 Å². The summed E-state index contributed by atoms with van der Waals surface area (Å²) in [6, 6.07) is 12.9. The molecule has 0 atom stereocenters. The second-order valence-corrected chi connectivity index (χ2v) is 5.24. The fourth-order valence-corrected chi connectivity index (χ4v) is 1.97. The molecule has 4 N–H and O–H groups in total. The predicted molar refractivity (Wildman–Crippen MR) is 86.4 cm³/mol. The molecule has 0 saturated heterocycles. The fourth-order valence-electron chi connectivity index (χ4n) is 1.71. The van der Waals surface area contributed by atoms with E-state index in [-0.39, 0.29) is 11.3 Å². The van der Waals surface area contributed by atoms with Gasteiger partial charge in [-0.05, 0) is 36.4 Å². The van der Waals surface area contributed by atoms with Gasteiger partial charge >= 0.3 is 11.8 Å². The third kappa shape index (κ3) is 3.92. The SMILES string of the molecule is NC(=O)c1ccccc1NC(=O)C(=O)Nc1ccc(Br)cc1. The molecule has 0 aromatic heterocycles. The normalized spacial score (nSPS) is 9.86. The lowest BCUT2D eigenvalue weighted by molar-refractivity contribution is -0.133. The van der Waals surface area contributed by atoms with Crippen LogP contribution in [-0.4, -0.2) is 17.7 Å². The average Bonchev–Trinajstić information content (AvgIpc) is 2.49. The largest absolute Gasteiger partial charge is 0.366 e. The van der Waals surface area contributed by atoms with Gasteiger partial charge < -0.3 is 16.4 Å². The van der Waals surface area contributed by atoms with Gasteiger partial charge in [0.1, 0.15) is 0 Å². The van der Waals surface area contributed by atoms with Crippen molar-refractivity contribution < 1.29 is 14.4 Å². The van der Waals surface area contributed by atoms with Gasteiger partial charge in [0, 0.05) is 10.2 Å². The minimum atomic E-state index is -0.892. The van der Waals surface area contributed by atoms with Crippen molar-refractivity contribution in [2.45, 2.75) is 0 Å². The third-order valence-corrected chi connectivity index (χ3v) is 3.28. The van der Waals surface area contributed by atoms with Crippen molar-refractivity contribution in [3.63, 3.8) is 0 Å². The summed E-state index contributed by atoms with van der Waals surface area (Å²) in [7, 11) is 0. The van der Waals surface area contributed by atoms with E-state index in [1.54, 1.807) is 36.4 Å². The molecule has 6 nitrogen and oxygen atoms in total. The van der Waals surface area contributed by atoms with Crippen LogP contribution in [0.1, 0.15) is 10.4 Å². The van der Waals surface area contributed by atoms with Crippen LogP contribution >= 0.6 is 15.9 Å². The van der Waals surface area contributed by atoms with Crippen LogP contribution < -0.4 is 16.4 Å². The zero-order chi connectivity index (χ0) is 16.1. The van der Waals surface area contributed by atoms with E-state index in [1.165, 1.54) is 12.1 Å². The number of benzene rings is 2. The van der Waals surface area contributed by atoms with E-state index in [1.807, 2.05) is 0 Å². The lowest BCUT2D eigenvalue weighted by Gasteiger charge is -2.09. The summed E-state index contributed by atoms with van der Waals surface area (Å²) in [5.74, 6) is -2.43. The van der Waals surface area contributed by atoms with E-state index in [4.69, 9.17) is 5.73 Å². The monoisotopic (exact) mass is 361 g/mol. The zero-order valence-electron chi connectivity index (χ0n) is 11.3. The van der Waals surface area contributed by atoms with Crippen molar-refractivity contribution >= 4 is 45.0 Å². The fraction of sp³-hybridized carbons (Fsp3) is 0. The summed E-state index contributed by atoms with van der Waals surface area (Å²) in [6.45, 7) is 0. The standard InChI is InChI=1S/C15H12BrN3O3/c16-9-5-7-10(8-6-9)18-14(21)15(22)19-12-4-2-1-3-11(12)13(17)20/h1-8H,(H2,17,20)(H,18,21)(H,19,22). The number of rotatable bonds is 3. The first-order valence-corrected chi connectivity index (χ1v) is 7.03. The molecule has 0 heterocycles. The summed E-state index contributed by atoms with van der Waals surface area (Å²) >= 11 is 3.27. The van der Waals surface area contributed by atoms with Gasteiger partial charge in [0.2, 0.25) is 0 Å². The van der Waals surface area contributed by atoms with Crippen molar-refractivity contribution in [3.05, 3.63) is 58.6 Å². The lowest BCUT2D eigenvalue weighted by atomic mass is 10.1. The molecule has 7 heteroatoms. The van der Waals surface area contributed by atoms with Crippen LogP contribution in [0.5, 0.6) is 0 Å². The number of hydrogen-bond donors (Lipinski definition) is 3. The summed E-state index contributed by atoms with van der Waals surface area (Å²) < 4.78 is 0.852. The molecule has 0 aliphatic rings. The van der Waals surface area contributed by atoms with E-state index >= 15 is 0 Å². The first-order valence-electron chi connectivity index (χ1n) is 6.24. The molecule has 0 unspecified atom stereocenters. The van der Waals surface area contributed by atoms with E-state index in [0.29, 0.717) is 5.69 Å². The molecule has 0 bridgehead atoms. The Morgan fingerprint density at radius 2 is 1.45 bits per heavy atom. The predicted octanol–water partition coefficient (Wildman–Crippen LogP) is 2.13. The number of halogens is 1. The number of anilines is 2. The summed E-state index contributed by atoms with van der Waals surface area (Å²) in [6.07, 6.45) is 0. The van der Waals surface area contributed by atoms with E-state index in [2.05, 4.69) is 26.6 Å². The molecule has 0 spiro atoms. The number of para-hydroxylation sites is 1. The number of hydrogen-bond acceptors (Lipinski definition) is 3. The first-order chi connectivity index (χ1) is 10.5. The van der Waals surface area contributed by atoms with Gasteiger partial charge in [0.05, 0.1) is 11.3 Å². The minimum Gasteiger partial charge on any atom is -0.366 e. The van der Waals surface area contributed by atoms with Crippen LogP contribution in [0.4, 0.5) is 11.4 Å². The second kappa shape index (κ2) is 6.86. The van der Waals surface area contributed by atoms with Crippen LogP contribution in [0.2, 0.25) is 0 Å². The molecule has 3 amide bonds. The summed E-state index contributed by atoms with van der Waals surface area (Å²) in [5, 5.41) is 4.81. The Morgan fingerprint density at radius 1 is 0.864 bits per heavy atom. The maximum atomic E-state index is 11.9. The van der Waals surface area contributed by atoms with Gasteiger partial charge in [-0.15, -0.1) is 0 Å². The van der Waals surface area contributed by atoms with Gasteiger partial charge in [-0.1, -0.05) is 28.1 Å². The Balaban J connectivity index is 2.07. The number of nitrogens with two attached hydrogens (primary N) is 1. The van der Waals surface area contributed by atoms with Crippen LogP contribution in [-0.2, 0) is 9.59 Å². The third-order valence-electron chi connectivity index (χ3n) is 2.75. The maximum absolute atomic E-state index is 11.9. The van der Waals surface area contributed by atoms with Crippen molar-refractivity contribution in [2.75, 3.05) is 10.6 Å². The smallest absolute Gasteiger partial charge is 0.314 e. The molecule has 112 valence electrons. The van der Waals surface area contributed by atoms with Gasteiger partial charge in [0.25, 0.3) is 5.91 Å². The zero-order valence-corrected chi connectivity index (χ0v) is 12.9. The molecule has 2 rings (SSSR count). The number of carbonyl (C=O) groups is 3. The Bertz CT molecular complexity index is 729. The first kappa shape index (κ1) is 15.7. The highest BCUT2D eigenvalue weighted by Crippen LogP contribution is 2.16. The van der Waals surface area contributed by atoms with E-state index in [9.17, 15) is 14.4 Å². The Hall–Kier alpha value is -2.67. The highest BCUT2D eigenvalue weighted by atomic mass is 79.9. The van der Waals surface area contributed by atoms with Gasteiger partial charge in [-0.2, -0.15) is 0 Å². The lowest BCUT2D eigenvalue weighted by Crippen LogP contribution is -2.30. The summed E-state index contributed by atoms with van der Waals surface area (Å²) in [4.78, 5) is 35.0. The average molecular weight is 362 g/mol. The van der Waals surface area contributed by atoms with E-state index in [0.717, 1.165) is 4.47 Å². The van der Waals surface area contributed by atoms with Crippen LogP contribution in [0.3, 0.4) is 0 Å². The van der Waals surface area contributed by atoms with E-state index < -0.39 is 17.7 Å². The van der Waals surface area contributed by atoms with Crippen LogP contribution in [0.25, 0.3) is 0 Å². The highest BCUT2D eigenvalue weighted by Gasteiger charge is 2.16. The van der Waals surface area contributed by atoms with Crippen molar-refractivity contribution in [3.8, 4) is 0 Å². The van der Waals surface area contributed by atoms with Gasteiger partial charge in [-0.25, -0.2) is 0 Å². The second-order valence-electron chi connectivity index (χ2n) is 4.32. The van der Waals surface area contributed by atoms with Crippen molar-refractivity contribution in [1.82, 2.24) is 0 Å². The minimum absolute atomic E-state index is 0.132.